The predicted octanol–water partition coefficient (Wildman–Crippen LogP) is 4.10. The molecule has 0 radical (unpaired) electrons. The van der Waals surface area contributed by atoms with Crippen molar-refractivity contribution < 1.29 is 28.5 Å². The van der Waals surface area contributed by atoms with Crippen molar-refractivity contribution in [1.82, 2.24) is 9.97 Å². The first-order chi connectivity index (χ1) is 12.9. The van der Waals surface area contributed by atoms with Gasteiger partial charge in [-0.3, -0.25) is 0 Å². The number of aryl methyl sites for hydroxylation is 1. The highest BCUT2D eigenvalue weighted by atomic mass is 35.5. The third-order valence-corrected chi connectivity index (χ3v) is 3.81. The molecule has 0 aliphatic rings. The van der Waals surface area contributed by atoms with Crippen LogP contribution in [0.5, 0.6) is 17.2 Å². The summed E-state index contributed by atoms with van der Waals surface area (Å²) in [6.45, 7) is 1.60. The minimum Gasteiger partial charge on any atom is -0.504 e. The van der Waals surface area contributed by atoms with Crippen molar-refractivity contribution in [1.29, 1.82) is 0 Å². The summed E-state index contributed by atoms with van der Waals surface area (Å²) < 4.78 is 29.0. The van der Waals surface area contributed by atoms with Crippen LogP contribution >= 0.6 is 12.4 Å². The molecule has 1 aromatic heterocycles. The molecule has 0 bridgehead atoms. The summed E-state index contributed by atoms with van der Waals surface area (Å²) in [7, 11) is 2.59. The molecule has 0 spiro atoms. The molecule has 0 fully saturated rings. The Kier molecular flexibility index (Phi) is 6.42. The smallest absolute Gasteiger partial charge is 0.504 e. The van der Waals surface area contributed by atoms with E-state index < -0.39 is 12.0 Å². The predicted molar refractivity (Wildman–Crippen MR) is 102 cm³/mol. The van der Waals surface area contributed by atoms with Gasteiger partial charge >= 0.3 is 6.16 Å². The maximum absolute atomic E-state index is 14.4. The molecule has 1 heterocycles. The van der Waals surface area contributed by atoms with Crippen LogP contribution in [0.15, 0.2) is 30.6 Å². The zero-order valence-corrected chi connectivity index (χ0v) is 16.0. The first kappa shape index (κ1) is 21.0. The Balaban J connectivity index is 0.00000280. The maximum atomic E-state index is 14.4. The van der Waals surface area contributed by atoms with E-state index in [1.54, 1.807) is 6.92 Å². The Hall–Kier alpha value is -3.33. The van der Waals surface area contributed by atoms with Crippen LogP contribution in [0.2, 0.25) is 0 Å². The highest BCUT2D eigenvalue weighted by molar-refractivity contribution is 5.93. The highest BCUT2D eigenvalue weighted by Gasteiger charge is 2.15. The number of hydrogen-bond donors (Lipinski definition) is 2. The van der Waals surface area contributed by atoms with Crippen LogP contribution in [0, 0.1) is 12.7 Å². The Labute approximate surface area is 165 Å². The number of nitrogens with zero attached hydrogens (tertiary/aromatic N) is 2. The average molecular weight is 410 g/mol. The molecule has 2 N–H and O–H groups in total. The molecule has 0 atom stereocenters. The quantitative estimate of drug-likeness (QED) is 0.490. The van der Waals surface area contributed by atoms with Gasteiger partial charge in [-0.05, 0) is 24.6 Å². The summed E-state index contributed by atoms with van der Waals surface area (Å²) in [5.74, 6) is -0.00370. The van der Waals surface area contributed by atoms with Gasteiger partial charge in [-0.1, -0.05) is 0 Å². The van der Waals surface area contributed by atoms with Gasteiger partial charge in [-0.15, -0.1) is 12.4 Å². The molecular weight excluding hydrogens is 393 g/mol. The number of hydrogen-bond acceptors (Lipinski definition) is 8. The van der Waals surface area contributed by atoms with Crippen LogP contribution in [-0.4, -0.2) is 35.4 Å². The number of phenolic OH excluding ortho intramolecular Hbond substituents is 1. The van der Waals surface area contributed by atoms with Gasteiger partial charge in [0.05, 0.1) is 25.4 Å². The van der Waals surface area contributed by atoms with Crippen LogP contribution in [0.3, 0.4) is 0 Å². The SMILES string of the molecule is COC(=O)Oc1cc(Nc2ncnc3cc(O)c(OC)cc23)c(F)cc1C.Cl. The van der Waals surface area contributed by atoms with E-state index in [4.69, 9.17) is 9.47 Å². The third kappa shape index (κ3) is 4.15. The van der Waals surface area contributed by atoms with E-state index in [9.17, 15) is 14.3 Å². The summed E-state index contributed by atoms with van der Waals surface area (Å²) in [4.78, 5) is 19.5. The fourth-order valence-corrected chi connectivity index (χ4v) is 2.45. The lowest BCUT2D eigenvalue weighted by Gasteiger charge is -2.13. The van der Waals surface area contributed by atoms with Crippen molar-refractivity contribution in [3.8, 4) is 17.2 Å². The Morgan fingerprint density at radius 2 is 1.89 bits per heavy atom. The van der Waals surface area contributed by atoms with Crippen LogP contribution in [0.1, 0.15) is 5.56 Å². The molecule has 148 valence electrons. The first-order valence-electron chi connectivity index (χ1n) is 7.77. The second kappa shape index (κ2) is 8.57. The van der Waals surface area contributed by atoms with Crippen molar-refractivity contribution in [3.63, 3.8) is 0 Å². The normalized spacial score (nSPS) is 10.1. The number of ether oxygens (including phenoxy) is 3. The third-order valence-electron chi connectivity index (χ3n) is 3.81. The summed E-state index contributed by atoms with van der Waals surface area (Å²) in [6.07, 6.45) is 0.359. The summed E-state index contributed by atoms with van der Waals surface area (Å²) >= 11 is 0. The molecule has 0 aliphatic carbocycles. The second-order valence-corrected chi connectivity index (χ2v) is 5.54. The summed E-state index contributed by atoms with van der Waals surface area (Å²) in [5.41, 5.74) is 0.887. The standard InChI is InChI=1S/C18H16FN3O5.ClH/c1-9-4-11(19)13(7-15(9)27-18(24)26-3)22-17-10-5-16(25-2)14(23)6-12(10)20-8-21-17;/h4-8,23H,1-3H3,(H,20,21,22);1H. The van der Waals surface area contributed by atoms with E-state index in [0.29, 0.717) is 16.5 Å². The van der Waals surface area contributed by atoms with Crippen LogP contribution in [-0.2, 0) is 4.74 Å². The number of rotatable bonds is 4. The lowest BCUT2D eigenvalue weighted by atomic mass is 10.1. The lowest BCUT2D eigenvalue weighted by Crippen LogP contribution is -2.09. The van der Waals surface area contributed by atoms with Crippen molar-refractivity contribution in [3.05, 3.63) is 42.0 Å². The fourth-order valence-electron chi connectivity index (χ4n) is 2.45. The number of aromatic nitrogens is 2. The molecule has 2 aromatic carbocycles. The average Bonchev–Trinajstić information content (AvgIpc) is 2.65. The molecule has 10 heteroatoms. The molecular formula is C18H17ClFN3O5. The first-order valence-corrected chi connectivity index (χ1v) is 7.77. The van der Waals surface area contributed by atoms with Gasteiger partial charge in [-0.2, -0.15) is 0 Å². The van der Waals surface area contributed by atoms with Gasteiger partial charge in [0, 0.05) is 17.5 Å². The minimum atomic E-state index is -0.914. The van der Waals surface area contributed by atoms with Crippen LogP contribution < -0.4 is 14.8 Å². The van der Waals surface area contributed by atoms with Gasteiger partial charge in [0.2, 0.25) is 0 Å². The molecule has 0 saturated heterocycles. The van der Waals surface area contributed by atoms with Gasteiger partial charge < -0.3 is 24.6 Å². The van der Waals surface area contributed by atoms with E-state index in [1.807, 2.05) is 0 Å². The topological polar surface area (TPSA) is 103 Å². The van der Waals surface area contributed by atoms with Crippen molar-refractivity contribution in [2.24, 2.45) is 0 Å². The van der Waals surface area contributed by atoms with E-state index in [-0.39, 0.29) is 41.2 Å². The molecule has 0 saturated carbocycles. The van der Waals surface area contributed by atoms with E-state index in [0.717, 1.165) is 0 Å². The molecule has 3 aromatic rings. The van der Waals surface area contributed by atoms with Crippen LogP contribution in [0.25, 0.3) is 10.9 Å². The molecule has 8 nitrogen and oxygen atoms in total. The zero-order chi connectivity index (χ0) is 19.6. The second-order valence-electron chi connectivity index (χ2n) is 5.54. The molecule has 0 aliphatic heterocycles. The molecule has 0 unspecified atom stereocenters. The number of nitrogens with one attached hydrogen (secondary N) is 1. The van der Waals surface area contributed by atoms with Gasteiger partial charge in [0.15, 0.2) is 11.5 Å². The Morgan fingerprint density at radius 3 is 2.57 bits per heavy atom. The van der Waals surface area contributed by atoms with E-state index in [2.05, 4.69) is 20.0 Å². The molecule has 0 amide bonds. The molecule has 28 heavy (non-hydrogen) atoms. The number of phenols is 1. The number of anilines is 2. The Morgan fingerprint density at radius 1 is 1.14 bits per heavy atom. The number of aromatic hydroxyl groups is 1. The summed E-state index contributed by atoms with van der Waals surface area (Å²) in [5, 5.41) is 13.2. The zero-order valence-electron chi connectivity index (χ0n) is 15.1. The largest absolute Gasteiger partial charge is 0.513 e. The Bertz CT molecular complexity index is 1030. The van der Waals surface area contributed by atoms with E-state index >= 15 is 0 Å². The number of benzene rings is 2. The maximum Gasteiger partial charge on any atom is 0.513 e. The van der Waals surface area contributed by atoms with Gasteiger partial charge in [0.1, 0.15) is 23.7 Å². The number of fused-ring (bicyclic) bond motifs is 1. The summed E-state index contributed by atoms with van der Waals surface area (Å²) in [6, 6.07) is 5.49. The van der Waals surface area contributed by atoms with Crippen molar-refractivity contribution >= 4 is 41.0 Å². The molecule has 3 rings (SSSR count). The van der Waals surface area contributed by atoms with Gasteiger partial charge in [0.25, 0.3) is 0 Å². The van der Waals surface area contributed by atoms with Crippen LogP contribution in [0.4, 0.5) is 20.7 Å². The van der Waals surface area contributed by atoms with Crippen molar-refractivity contribution in [2.45, 2.75) is 6.92 Å². The number of halogens is 2. The van der Waals surface area contributed by atoms with E-state index in [1.165, 1.54) is 44.8 Å². The fraction of sp³-hybridized carbons (Fsp3) is 0.167. The minimum absolute atomic E-state index is 0. The van der Waals surface area contributed by atoms with Crippen molar-refractivity contribution in [2.75, 3.05) is 19.5 Å². The number of methoxy groups -OCH3 is 2. The highest BCUT2D eigenvalue weighted by Crippen LogP contribution is 2.35. The lowest BCUT2D eigenvalue weighted by molar-refractivity contribution is 0.121. The number of carbonyl (C=O) groups is 1. The monoisotopic (exact) mass is 409 g/mol. The van der Waals surface area contributed by atoms with Gasteiger partial charge in [-0.25, -0.2) is 19.2 Å². The number of carbonyl (C=O) groups excluding carboxylic acids is 1.